The van der Waals surface area contributed by atoms with Crippen LogP contribution < -0.4 is 4.74 Å². The van der Waals surface area contributed by atoms with Crippen LogP contribution in [-0.4, -0.2) is 30.5 Å². The van der Waals surface area contributed by atoms with Crippen molar-refractivity contribution < 1.29 is 9.53 Å². The van der Waals surface area contributed by atoms with E-state index in [1.165, 1.54) is 19.3 Å². The van der Waals surface area contributed by atoms with Crippen LogP contribution in [0.25, 0.3) is 11.1 Å². The Bertz CT molecular complexity index is 711. The molecule has 2 aromatic carbocycles. The van der Waals surface area contributed by atoms with Crippen molar-refractivity contribution in [3.8, 4) is 16.9 Å². The molecule has 0 aliphatic heterocycles. The van der Waals surface area contributed by atoms with E-state index in [1.807, 2.05) is 48.3 Å². The Hall–Kier alpha value is -1.81. The summed E-state index contributed by atoms with van der Waals surface area (Å²) in [5, 5.41) is 0. The highest BCUT2D eigenvalue weighted by atomic mass is 79.9. The van der Waals surface area contributed by atoms with E-state index in [9.17, 15) is 4.79 Å². The van der Waals surface area contributed by atoms with E-state index in [4.69, 9.17) is 4.74 Å². The first kappa shape index (κ1) is 18.0. The van der Waals surface area contributed by atoms with Crippen LogP contribution in [0.2, 0.25) is 0 Å². The first-order valence-corrected chi connectivity index (χ1v) is 9.68. The lowest BCUT2D eigenvalue weighted by Crippen LogP contribution is -2.40. The number of halogens is 1. The molecule has 0 saturated heterocycles. The maximum atomic E-state index is 12.4. The molecule has 1 amide bonds. The van der Waals surface area contributed by atoms with Gasteiger partial charge >= 0.3 is 0 Å². The van der Waals surface area contributed by atoms with Crippen molar-refractivity contribution in [1.82, 2.24) is 4.90 Å². The Morgan fingerprint density at radius 2 is 1.80 bits per heavy atom. The number of likely N-dealkylation sites (N-methyl/N-ethyl adjacent to an activating group) is 1. The number of amides is 1. The van der Waals surface area contributed by atoms with Gasteiger partial charge in [0.1, 0.15) is 5.75 Å². The van der Waals surface area contributed by atoms with Crippen LogP contribution in [0.3, 0.4) is 0 Å². The largest absolute Gasteiger partial charge is 0.483 e. The van der Waals surface area contributed by atoms with Crippen LogP contribution in [-0.2, 0) is 4.79 Å². The highest BCUT2D eigenvalue weighted by Gasteiger charge is 2.22. The van der Waals surface area contributed by atoms with Gasteiger partial charge in [0.05, 0.1) is 4.47 Å². The Morgan fingerprint density at radius 3 is 2.48 bits per heavy atom. The van der Waals surface area contributed by atoms with Crippen molar-refractivity contribution in [1.29, 1.82) is 0 Å². The third-order valence-electron chi connectivity index (χ3n) is 4.91. The number of carbonyl (C=O) groups excluding carboxylic acids is 1. The van der Waals surface area contributed by atoms with E-state index in [1.54, 1.807) is 0 Å². The molecule has 0 spiro atoms. The van der Waals surface area contributed by atoms with Crippen molar-refractivity contribution in [2.24, 2.45) is 0 Å². The fraction of sp³-hybridized carbons (Fsp3) is 0.381. The molecule has 2 aromatic rings. The van der Waals surface area contributed by atoms with E-state index >= 15 is 0 Å². The van der Waals surface area contributed by atoms with Gasteiger partial charge in [-0.3, -0.25) is 4.79 Å². The van der Waals surface area contributed by atoms with Gasteiger partial charge in [0, 0.05) is 13.1 Å². The molecule has 4 heteroatoms. The van der Waals surface area contributed by atoms with E-state index in [0.717, 1.165) is 28.4 Å². The van der Waals surface area contributed by atoms with Crippen LogP contribution >= 0.6 is 15.9 Å². The van der Waals surface area contributed by atoms with Gasteiger partial charge in [-0.15, -0.1) is 0 Å². The summed E-state index contributed by atoms with van der Waals surface area (Å²) in [7, 11) is 1.90. The minimum atomic E-state index is 0.0472. The SMILES string of the molecule is CN(C(=O)COc1ccc(-c2ccccc2)cc1Br)C1CCCCC1. The Balaban J connectivity index is 1.60. The molecular formula is C21H24BrNO2. The molecule has 3 nitrogen and oxygen atoms in total. The van der Waals surface area contributed by atoms with Crippen molar-refractivity contribution >= 4 is 21.8 Å². The van der Waals surface area contributed by atoms with Crippen LogP contribution in [0.15, 0.2) is 53.0 Å². The molecule has 1 saturated carbocycles. The zero-order chi connectivity index (χ0) is 17.6. The average molecular weight is 402 g/mol. The molecular weight excluding hydrogens is 378 g/mol. The predicted molar refractivity (Wildman–Crippen MR) is 105 cm³/mol. The zero-order valence-corrected chi connectivity index (χ0v) is 16.2. The Labute approximate surface area is 158 Å². The molecule has 1 aliphatic carbocycles. The lowest BCUT2D eigenvalue weighted by molar-refractivity contribution is -0.134. The fourth-order valence-corrected chi connectivity index (χ4v) is 3.83. The van der Waals surface area contributed by atoms with Crippen molar-refractivity contribution in [3.05, 3.63) is 53.0 Å². The quantitative estimate of drug-likeness (QED) is 0.681. The topological polar surface area (TPSA) is 29.5 Å². The summed E-state index contributed by atoms with van der Waals surface area (Å²) < 4.78 is 6.63. The van der Waals surface area contributed by atoms with E-state index in [-0.39, 0.29) is 12.5 Å². The van der Waals surface area contributed by atoms with E-state index in [2.05, 4.69) is 28.1 Å². The van der Waals surface area contributed by atoms with Crippen LogP contribution in [0.1, 0.15) is 32.1 Å². The number of hydrogen-bond acceptors (Lipinski definition) is 2. The van der Waals surface area contributed by atoms with Gasteiger partial charge in [-0.25, -0.2) is 0 Å². The van der Waals surface area contributed by atoms with Gasteiger partial charge in [0.15, 0.2) is 6.61 Å². The third-order valence-corrected chi connectivity index (χ3v) is 5.53. The standard InChI is InChI=1S/C21H24BrNO2/c1-23(18-10-6-3-7-11-18)21(24)15-25-20-13-12-17(14-19(20)22)16-8-4-2-5-9-16/h2,4-5,8-9,12-14,18H,3,6-7,10-11,15H2,1H3. The van der Waals surface area contributed by atoms with Crippen LogP contribution in [0, 0.1) is 0 Å². The second-order valence-electron chi connectivity index (χ2n) is 6.60. The number of hydrogen-bond donors (Lipinski definition) is 0. The lowest BCUT2D eigenvalue weighted by atomic mass is 9.94. The van der Waals surface area contributed by atoms with Crippen LogP contribution in [0.4, 0.5) is 0 Å². The highest BCUT2D eigenvalue weighted by molar-refractivity contribution is 9.10. The minimum absolute atomic E-state index is 0.0472. The van der Waals surface area contributed by atoms with Gasteiger partial charge in [0.25, 0.3) is 5.91 Å². The third kappa shape index (κ3) is 4.63. The first-order chi connectivity index (χ1) is 12.1. The highest BCUT2D eigenvalue weighted by Crippen LogP contribution is 2.31. The van der Waals surface area contributed by atoms with Crippen LogP contribution in [0.5, 0.6) is 5.75 Å². The molecule has 3 rings (SSSR count). The molecule has 0 atom stereocenters. The molecule has 132 valence electrons. The predicted octanol–water partition coefficient (Wildman–Crippen LogP) is 5.29. The number of carbonyl (C=O) groups is 1. The van der Waals surface area contributed by atoms with E-state index < -0.39 is 0 Å². The second kappa shape index (κ2) is 8.52. The minimum Gasteiger partial charge on any atom is -0.483 e. The van der Waals surface area contributed by atoms with Gasteiger partial charge < -0.3 is 9.64 Å². The Morgan fingerprint density at radius 1 is 1.08 bits per heavy atom. The lowest BCUT2D eigenvalue weighted by Gasteiger charge is -2.31. The average Bonchev–Trinajstić information content (AvgIpc) is 2.67. The molecule has 1 fully saturated rings. The summed E-state index contributed by atoms with van der Waals surface area (Å²) in [6.07, 6.45) is 5.94. The van der Waals surface area contributed by atoms with Crippen molar-refractivity contribution in [3.63, 3.8) is 0 Å². The normalized spacial score (nSPS) is 15.0. The summed E-state index contributed by atoms with van der Waals surface area (Å²) in [6.45, 7) is 0.0796. The summed E-state index contributed by atoms with van der Waals surface area (Å²) in [6, 6.07) is 16.5. The molecule has 25 heavy (non-hydrogen) atoms. The van der Waals surface area contributed by atoms with Gasteiger partial charge in [-0.05, 0) is 52.0 Å². The van der Waals surface area contributed by atoms with Crippen molar-refractivity contribution in [2.75, 3.05) is 13.7 Å². The zero-order valence-electron chi connectivity index (χ0n) is 14.6. The summed E-state index contributed by atoms with van der Waals surface area (Å²) in [4.78, 5) is 14.3. The maximum Gasteiger partial charge on any atom is 0.260 e. The molecule has 0 bridgehead atoms. The molecule has 0 heterocycles. The molecule has 0 aromatic heterocycles. The van der Waals surface area contributed by atoms with Gasteiger partial charge in [-0.2, -0.15) is 0 Å². The molecule has 1 aliphatic rings. The second-order valence-corrected chi connectivity index (χ2v) is 7.45. The van der Waals surface area contributed by atoms with E-state index in [0.29, 0.717) is 11.8 Å². The Kier molecular flexibility index (Phi) is 6.14. The first-order valence-electron chi connectivity index (χ1n) is 8.88. The monoisotopic (exact) mass is 401 g/mol. The smallest absolute Gasteiger partial charge is 0.260 e. The van der Waals surface area contributed by atoms with Crippen molar-refractivity contribution in [2.45, 2.75) is 38.1 Å². The number of ether oxygens (including phenoxy) is 1. The number of nitrogens with zero attached hydrogens (tertiary/aromatic N) is 1. The molecule has 0 radical (unpaired) electrons. The molecule has 0 N–H and O–H groups in total. The fourth-order valence-electron chi connectivity index (χ4n) is 3.34. The summed E-state index contributed by atoms with van der Waals surface area (Å²) in [5.41, 5.74) is 2.27. The summed E-state index contributed by atoms with van der Waals surface area (Å²) in [5.74, 6) is 0.746. The maximum absolute atomic E-state index is 12.4. The number of benzene rings is 2. The van der Waals surface area contributed by atoms with Gasteiger partial charge in [-0.1, -0.05) is 55.7 Å². The summed E-state index contributed by atoms with van der Waals surface area (Å²) >= 11 is 3.56. The number of rotatable bonds is 5. The molecule has 0 unspecified atom stereocenters. The van der Waals surface area contributed by atoms with Gasteiger partial charge in [0.2, 0.25) is 0 Å².